The average molecular weight is 511 g/mol. The summed E-state index contributed by atoms with van der Waals surface area (Å²) in [5.41, 5.74) is 7.23. The average Bonchev–Trinajstić information content (AvgIpc) is 2.86. The number of anilines is 1. The molecule has 1 unspecified atom stereocenters. The summed E-state index contributed by atoms with van der Waals surface area (Å²) in [5.74, 6) is -1.81. The van der Waals surface area contributed by atoms with Crippen LogP contribution in [0.1, 0.15) is 51.5 Å². The third-order valence-corrected chi connectivity index (χ3v) is 6.03. The number of phenols is 1. The zero-order valence-electron chi connectivity index (χ0n) is 19.7. The molecule has 1 aliphatic heterocycles. The Hall–Kier alpha value is -4.18. The summed E-state index contributed by atoms with van der Waals surface area (Å²) in [6.07, 6.45) is -1.91. The summed E-state index contributed by atoms with van der Waals surface area (Å²) in [7, 11) is 0. The summed E-state index contributed by atoms with van der Waals surface area (Å²) >= 11 is 0. The number of aromatic hydroxyl groups is 1. The lowest BCUT2D eigenvalue weighted by atomic mass is 9.94. The molecule has 4 rings (SSSR count). The molecule has 0 aromatic heterocycles. The van der Waals surface area contributed by atoms with E-state index in [0.717, 1.165) is 17.7 Å². The van der Waals surface area contributed by atoms with E-state index in [1.54, 1.807) is 12.3 Å². The molecule has 1 heterocycles. The van der Waals surface area contributed by atoms with E-state index in [1.165, 1.54) is 12.1 Å². The van der Waals surface area contributed by atoms with E-state index in [4.69, 9.17) is 5.73 Å². The van der Waals surface area contributed by atoms with E-state index >= 15 is 0 Å². The second-order valence-corrected chi connectivity index (χ2v) is 8.69. The standard InChI is InChI=1S/C27H25F3N4O3/c28-27(29,30)21-12-17(6-8-23(21)35)15-33-22-10-11-32-25-19(22)13-18(14-20(25)26(31)37)34-24(36)9-7-16-4-2-1-3-5-16/h1-6,8,11-14,22,33,35H,7,9-10,15H2,(H2,31,37)(H,34,36). The Morgan fingerprint density at radius 2 is 1.81 bits per heavy atom. The number of halogens is 3. The SMILES string of the molecule is NC(=O)c1cc(NC(=O)CCc2ccccc2)cc2c1N=CCC2NCc1ccc(O)c(C(F)(F)F)c1. The number of benzene rings is 3. The first kappa shape index (κ1) is 25.9. The van der Waals surface area contributed by atoms with Crippen LogP contribution in [0.3, 0.4) is 0 Å². The lowest BCUT2D eigenvalue weighted by Gasteiger charge is -2.25. The van der Waals surface area contributed by atoms with E-state index in [2.05, 4.69) is 15.6 Å². The number of nitrogens with one attached hydrogen (secondary N) is 2. The van der Waals surface area contributed by atoms with Crippen molar-refractivity contribution >= 4 is 29.4 Å². The van der Waals surface area contributed by atoms with E-state index in [9.17, 15) is 27.9 Å². The van der Waals surface area contributed by atoms with E-state index in [1.807, 2.05) is 30.3 Å². The second kappa shape index (κ2) is 10.8. The zero-order valence-corrected chi connectivity index (χ0v) is 19.7. The van der Waals surface area contributed by atoms with Gasteiger partial charge >= 0.3 is 6.18 Å². The van der Waals surface area contributed by atoms with Crippen molar-refractivity contribution in [2.45, 2.75) is 38.0 Å². The highest BCUT2D eigenvalue weighted by Crippen LogP contribution is 2.38. The molecule has 3 aromatic rings. The molecule has 1 atom stereocenters. The quantitative estimate of drug-likeness (QED) is 0.341. The monoisotopic (exact) mass is 510 g/mol. The van der Waals surface area contributed by atoms with Crippen molar-refractivity contribution in [3.05, 3.63) is 88.5 Å². The number of aryl methyl sites for hydroxylation is 1. The van der Waals surface area contributed by atoms with Crippen molar-refractivity contribution in [1.82, 2.24) is 5.32 Å². The van der Waals surface area contributed by atoms with Gasteiger partial charge in [-0.2, -0.15) is 13.2 Å². The van der Waals surface area contributed by atoms with Crippen molar-refractivity contribution in [3.63, 3.8) is 0 Å². The fraction of sp³-hybridized carbons (Fsp3) is 0.222. The van der Waals surface area contributed by atoms with E-state index in [0.29, 0.717) is 35.3 Å². The van der Waals surface area contributed by atoms with Crippen LogP contribution in [-0.4, -0.2) is 23.1 Å². The van der Waals surface area contributed by atoms with Crippen LogP contribution in [-0.2, 0) is 23.9 Å². The first-order chi connectivity index (χ1) is 17.6. The Bertz CT molecular complexity index is 1340. The Balaban J connectivity index is 1.53. The van der Waals surface area contributed by atoms with Gasteiger partial charge in [-0.15, -0.1) is 0 Å². The van der Waals surface area contributed by atoms with Crippen molar-refractivity contribution < 1.29 is 27.9 Å². The molecule has 10 heteroatoms. The number of carbonyl (C=O) groups is 2. The highest BCUT2D eigenvalue weighted by Gasteiger charge is 2.34. The molecule has 0 fully saturated rings. The van der Waals surface area contributed by atoms with Gasteiger partial charge in [-0.3, -0.25) is 14.6 Å². The highest BCUT2D eigenvalue weighted by molar-refractivity contribution is 6.02. The highest BCUT2D eigenvalue weighted by atomic mass is 19.4. The number of amides is 2. The molecular formula is C27H25F3N4O3. The minimum atomic E-state index is -4.69. The molecule has 0 spiro atoms. The fourth-order valence-electron chi connectivity index (χ4n) is 4.18. The van der Waals surface area contributed by atoms with E-state index < -0.39 is 29.4 Å². The van der Waals surface area contributed by atoms with Crippen LogP contribution in [0.2, 0.25) is 0 Å². The maximum absolute atomic E-state index is 13.2. The molecule has 2 amide bonds. The molecule has 7 nitrogen and oxygen atoms in total. The largest absolute Gasteiger partial charge is 0.507 e. The molecule has 192 valence electrons. The smallest absolute Gasteiger partial charge is 0.419 e. The Morgan fingerprint density at radius 3 is 2.51 bits per heavy atom. The topological polar surface area (TPSA) is 117 Å². The predicted octanol–water partition coefficient (Wildman–Crippen LogP) is 5.02. The van der Waals surface area contributed by atoms with Gasteiger partial charge in [0.1, 0.15) is 5.75 Å². The van der Waals surface area contributed by atoms with Crippen LogP contribution in [0.15, 0.2) is 65.7 Å². The lowest BCUT2D eigenvalue weighted by molar-refractivity contribution is -0.138. The number of aliphatic imine (C=N–C) groups is 1. The van der Waals surface area contributed by atoms with E-state index in [-0.39, 0.29) is 24.4 Å². The number of alkyl halides is 3. The van der Waals surface area contributed by atoms with Crippen LogP contribution in [0.25, 0.3) is 0 Å². The minimum Gasteiger partial charge on any atom is -0.507 e. The number of rotatable bonds is 8. The van der Waals surface area contributed by atoms with Gasteiger partial charge in [-0.1, -0.05) is 36.4 Å². The van der Waals surface area contributed by atoms with Crippen molar-refractivity contribution in [1.29, 1.82) is 0 Å². The Labute approximate surface area is 211 Å². The molecule has 0 saturated heterocycles. The molecule has 5 N–H and O–H groups in total. The number of nitrogens with zero attached hydrogens (tertiary/aromatic N) is 1. The molecule has 0 radical (unpaired) electrons. The summed E-state index contributed by atoms with van der Waals surface area (Å²) in [4.78, 5) is 29.1. The normalized spacial score (nSPS) is 14.7. The van der Waals surface area contributed by atoms with Gasteiger partial charge < -0.3 is 21.5 Å². The number of hydrogen-bond donors (Lipinski definition) is 4. The Morgan fingerprint density at radius 1 is 1.05 bits per heavy atom. The second-order valence-electron chi connectivity index (χ2n) is 8.69. The van der Waals surface area contributed by atoms with Crippen molar-refractivity contribution in [3.8, 4) is 5.75 Å². The summed E-state index contributed by atoms with van der Waals surface area (Å²) < 4.78 is 39.5. The molecule has 1 aliphatic rings. The first-order valence-corrected chi connectivity index (χ1v) is 11.6. The number of hydrogen-bond acceptors (Lipinski definition) is 5. The van der Waals surface area contributed by atoms with Crippen LogP contribution in [0, 0.1) is 0 Å². The van der Waals surface area contributed by atoms with Gasteiger partial charge in [0, 0.05) is 37.3 Å². The van der Waals surface area contributed by atoms with Gasteiger partial charge in [-0.05, 0) is 47.4 Å². The lowest BCUT2D eigenvalue weighted by Crippen LogP contribution is -2.25. The van der Waals surface area contributed by atoms with Crippen LogP contribution in [0.5, 0.6) is 5.75 Å². The van der Waals surface area contributed by atoms with Gasteiger partial charge in [-0.25, -0.2) is 0 Å². The summed E-state index contributed by atoms with van der Waals surface area (Å²) in [6.45, 7) is 0.0564. The minimum absolute atomic E-state index is 0.0564. The molecule has 3 aromatic carbocycles. The molecule has 0 bridgehead atoms. The maximum atomic E-state index is 13.2. The first-order valence-electron chi connectivity index (χ1n) is 11.6. The third kappa shape index (κ3) is 6.34. The number of primary amides is 1. The summed E-state index contributed by atoms with van der Waals surface area (Å²) in [6, 6.07) is 15.6. The van der Waals surface area contributed by atoms with Gasteiger partial charge in [0.15, 0.2) is 0 Å². The Kier molecular flexibility index (Phi) is 7.58. The third-order valence-electron chi connectivity index (χ3n) is 6.03. The maximum Gasteiger partial charge on any atom is 0.419 e. The number of phenolic OH excluding ortho intramolecular Hbond substituents is 1. The number of fused-ring (bicyclic) bond motifs is 1. The van der Waals surface area contributed by atoms with Gasteiger partial charge in [0.2, 0.25) is 5.91 Å². The predicted molar refractivity (Wildman–Crippen MR) is 134 cm³/mol. The summed E-state index contributed by atoms with van der Waals surface area (Å²) in [5, 5.41) is 15.6. The van der Waals surface area contributed by atoms with Crippen LogP contribution < -0.4 is 16.4 Å². The zero-order chi connectivity index (χ0) is 26.6. The van der Waals surface area contributed by atoms with Crippen molar-refractivity contribution in [2.75, 3.05) is 5.32 Å². The molecular weight excluding hydrogens is 485 g/mol. The van der Waals surface area contributed by atoms with Gasteiger partial charge in [0.25, 0.3) is 5.91 Å². The number of carbonyl (C=O) groups excluding carboxylic acids is 2. The van der Waals surface area contributed by atoms with Gasteiger partial charge in [0.05, 0.1) is 16.8 Å². The molecule has 37 heavy (non-hydrogen) atoms. The molecule has 0 aliphatic carbocycles. The van der Waals surface area contributed by atoms with Crippen LogP contribution >= 0.6 is 0 Å². The van der Waals surface area contributed by atoms with Crippen LogP contribution in [0.4, 0.5) is 24.5 Å². The van der Waals surface area contributed by atoms with Crippen molar-refractivity contribution in [2.24, 2.45) is 10.7 Å². The fourth-order valence-corrected chi connectivity index (χ4v) is 4.18. The number of nitrogens with two attached hydrogens (primary N) is 1. The molecule has 0 saturated carbocycles.